The van der Waals surface area contributed by atoms with Crippen LogP contribution in [-0.2, 0) is 10.0 Å². The maximum atomic E-state index is 11.8. The summed E-state index contributed by atoms with van der Waals surface area (Å²) in [5.41, 5.74) is 5.97. The molecule has 0 aromatic heterocycles. The van der Waals surface area contributed by atoms with Crippen LogP contribution in [-0.4, -0.2) is 26.3 Å². The number of hydrogen-bond acceptors (Lipinski definition) is 3. The average molecular weight is 244 g/mol. The van der Waals surface area contributed by atoms with Crippen LogP contribution in [0.2, 0.25) is 0 Å². The summed E-state index contributed by atoms with van der Waals surface area (Å²) >= 11 is 0. The van der Waals surface area contributed by atoms with Crippen LogP contribution in [0, 0.1) is 0 Å². The first-order valence-corrected chi connectivity index (χ1v) is 6.74. The van der Waals surface area contributed by atoms with E-state index in [1.54, 1.807) is 26.1 Å². The summed E-state index contributed by atoms with van der Waals surface area (Å²) in [6, 6.07) is 6.29. The highest BCUT2D eigenvalue weighted by atomic mass is 32.2. The van der Waals surface area contributed by atoms with Crippen molar-refractivity contribution < 1.29 is 8.42 Å². The molecule has 0 fully saturated rings. The summed E-state index contributed by atoms with van der Waals surface area (Å²) in [4.78, 5) is 0.238. The number of nitrogens with two attached hydrogens (primary N) is 1. The molecule has 0 amide bonds. The summed E-state index contributed by atoms with van der Waals surface area (Å²) in [6.07, 6.45) is 0. The van der Waals surface area contributed by atoms with Crippen LogP contribution < -0.4 is 5.73 Å². The number of rotatable bonds is 3. The Balaban J connectivity index is 0.00000106. The Hall–Kier alpha value is -1.07. The second-order valence-electron chi connectivity index (χ2n) is 2.99. The van der Waals surface area contributed by atoms with E-state index in [2.05, 4.69) is 0 Å². The summed E-state index contributed by atoms with van der Waals surface area (Å²) in [6.45, 7) is 6.22. The smallest absolute Gasteiger partial charge is 0.242 e. The van der Waals surface area contributed by atoms with Crippen LogP contribution >= 0.6 is 0 Å². The van der Waals surface area contributed by atoms with Crippen molar-refractivity contribution in [2.75, 3.05) is 19.3 Å². The van der Waals surface area contributed by atoms with E-state index in [1.165, 1.54) is 16.4 Å². The van der Waals surface area contributed by atoms with Gasteiger partial charge in [-0.2, -0.15) is 0 Å². The van der Waals surface area contributed by atoms with E-state index in [-0.39, 0.29) is 4.90 Å². The Bertz CT molecular complexity index is 416. The van der Waals surface area contributed by atoms with Crippen molar-refractivity contribution in [2.45, 2.75) is 25.7 Å². The van der Waals surface area contributed by atoms with E-state index in [1.807, 2.05) is 13.8 Å². The fourth-order valence-electron chi connectivity index (χ4n) is 1.02. The molecule has 0 unspecified atom stereocenters. The molecule has 16 heavy (non-hydrogen) atoms. The van der Waals surface area contributed by atoms with Gasteiger partial charge in [0, 0.05) is 19.3 Å². The van der Waals surface area contributed by atoms with Gasteiger partial charge in [0.1, 0.15) is 0 Å². The molecule has 0 saturated carbocycles. The van der Waals surface area contributed by atoms with Gasteiger partial charge in [0.25, 0.3) is 0 Å². The van der Waals surface area contributed by atoms with Gasteiger partial charge in [-0.1, -0.05) is 26.8 Å². The minimum Gasteiger partial charge on any atom is -0.399 e. The minimum absolute atomic E-state index is 0.238. The van der Waals surface area contributed by atoms with Crippen LogP contribution in [0.15, 0.2) is 29.2 Å². The summed E-state index contributed by atoms with van der Waals surface area (Å²) in [5, 5.41) is 0. The maximum absolute atomic E-state index is 11.8. The van der Waals surface area contributed by atoms with E-state index < -0.39 is 10.0 Å². The average Bonchev–Trinajstić information content (AvgIpc) is 2.30. The third-order valence-corrected chi connectivity index (χ3v) is 3.94. The largest absolute Gasteiger partial charge is 0.399 e. The quantitative estimate of drug-likeness (QED) is 0.826. The van der Waals surface area contributed by atoms with Gasteiger partial charge in [-0.25, -0.2) is 12.7 Å². The summed E-state index contributed by atoms with van der Waals surface area (Å²) in [5.74, 6) is 0. The molecule has 0 saturated heterocycles. The lowest BCUT2D eigenvalue weighted by molar-refractivity contribution is 0.486. The molecule has 0 heterocycles. The number of benzene rings is 1. The third kappa shape index (κ3) is 3.50. The van der Waals surface area contributed by atoms with Gasteiger partial charge in [-0.15, -0.1) is 0 Å². The molecule has 92 valence electrons. The Morgan fingerprint density at radius 3 is 2.31 bits per heavy atom. The number of nitrogens with zero attached hydrogens (tertiary/aromatic N) is 1. The molecular weight excluding hydrogens is 224 g/mol. The monoisotopic (exact) mass is 244 g/mol. The summed E-state index contributed by atoms with van der Waals surface area (Å²) in [7, 11) is -1.82. The molecule has 0 aliphatic carbocycles. The Morgan fingerprint density at radius 1 is 1.31 bits per heavy atom. The van der Waals surface area contributed by atoms with Gasteiger partial charge < -0.3 is 5.73 Å². The molecule has 0 spiro atoms. The molecule has 0 aliphatic heterocycles. The van der Waals surface area contributed by atoms with Crippen LogP contribution in [0.25, 0.3) is 0 Å². The SMILES string of the molecule is CC.CCN(C)S(=O)(=O)c1cccc(N)c1. The fraction of sp³-hybridized carbons (Fsp3) is 0.455. The molecule has 1 rings (SSSR count). The van der Waals surface area contributed by atoms with Crippen molar-refractivity contribution in [1.29, 1.82) is 0 Å². The van der Waals surface area contributed by atoms with E-state index in [0.717, 1.165) is 0 Å². The number of hydrogen-bond donors (Lipinski definition) is 1. The first-order chi connectivity index (χ1) is 7.48. The van der Waals surface area contributed by atoms with Crippen LogP contribution in [0.3, 0.4) is 0 Å². The molecule has 1 aromatic carbocycles. The molecule has 0 aliphatic rings. The van der Waals surface area contributed by atoms with Crippen molar-refractivity contribution in [3.8, 4) is 0 Å². The normalized spacial score (nSPS) is 10.8. The zero-order valence-corrected chi connectivity index (χ0v) is 11.1. The second-order valence-corrected chi connectivity index (χ2v) is 5.04. The van der Waals surface area contributed by atoms with Gasteiger partial charge in [0.2, 0.25) is 10.0 Å². The molecule has 0 atom stereocenters. The van der Waals surface area contributed by atoms with Gasteiger partial charge in [-0.05, 0) is 18.2 Å². The highest BCUT2D eigenvalue weighted by molar-refractivity contribution is 7.89. The molecule has 0 bridgehead atoms. The Labute approximate surface area is 98.1 Å². The van der Waals surface area contributed by atoms with Crippen molar-refractivity contribution in [3.05, 3.63) is 24.3 Å². The van der Waals surface area contributed by atoms with E-state index in [4.69, 9.17) is 5.73 Å². The zero-order chi connectivity index (χ0) is 12.8. The zero-order valence-electron chi connectivity index (χ0n) is 10.3. The van der Waals surface area contributed by atoms with E-state index in [9.17, 15) is 8.42 Å². The Morgan fingerprint density at radius 2 is 1.88 bits per heavy atom. The number of sulfonamides is 1. The van der Waals surface area contributed by atoms with Crippen molar-refractivity contribution >= 4 is 15.7 Å². The third-order valence-electron chi connectivity index (χ3n) is 2.01. The van der Waals surface area contributed by atoms with Gasteiger partial charge in [-0.3, -0.25) is 0 Å². The number of anilines is 1. The first kappa shape index (κ1) is 14.9. The minimum atomic E-state index is -3.36. The predicted octanol–water partition coefficient (Wildman–Crippen LogP) is 1.94. The van der Waals surface area contributed by atoms with Crippen LogP contribution in [0.5, 0.6) is 0 Å². The lowest BCUT2D eigenvalue weighted by Gasteiger charge is -2.14. The molecule has 5 heteroatoms. The van der Waals surface area contributed by atoms with Crippen molar-refractivity contribution in [3.63, 3.8) is 0 Å². The molecule has 1 aromatic rings. The highest BCUT2D eigenvalue weighted by Gasteiger charge is 2.18. The van der Waals surface area contributed by atoms with Crippen LogP contribution in [0.1, 0.15) is 20.8 Å². The molecular formula is C11H20N2O2S. The van der Waals surface area contributed by atoms with Gasteiger partial charge in [0.05, 0.1) is 4.90 Å². The lowest BCUT2D eigenvalue weighted by Crippen LogP contribution is -2.26. The summed E-state index contributed by atoms with van der Waals surface area (Å²) < 4.78 is 24.9. The van der Waals surface area contributed by atoms with Crippen molar-refractivity contribution in [2.24, 2.45) is 0 Å². The first-order valence-electron chi connectivity index (χ1n) is 5.30. The predicted molar refractivity (Wildman–Crippen MR) is 67.7 cm³/mol. The fourth-order valence-corrected chi connectivity index (χ4v) is 2.26. The van der Waals surface area contributed by atoms with E-state index >= 15 is 0 Å². The standard InChI is InChI=1S/C9H14N2O2S.C2H6/c1-3-11(2)14(12,13)9-6-4-5-8(10)7-9;1-2/h4-7H,3,10H2,1-2H3;1-2H3. The molecule has 0 radical (unpaired) electrons. The van der Waals surface area contributed by atoms with E-state index in [0.29, 0.717) is 12.2 Å². The van der Waals surface area contributed by atoms with Gasteiger partial charge in [0.15, 0.2) is 0 Å². The Kier molecular flexibility index (Phi) is 6.06. The maximum Gasteiger partial charge on any atom is 0.242 e. The second kappa shape index (κ2) is 6.50. The topological polar surface area (TPSA) is 63.4 Å². The highest BCUT2D eigenvalue weighted by Crippen LogP contribution is 2.16. The van der Waals surface area contributed by atoms with Crippen LogP contribution in [0.4, 0.5) is 5.69 Å². The molecule has 4 nitrogen and oxygen atoms in total. The lowest BCUT2D eigenvalue weighted by atomic mass is 10.3. The van der Waals surface area contributed by atoms with Gasteiger partial charge >= 0.3 is 0 Å². The van der Waals surface area contributed by atoms with Crippen molar-refractivity contribution in [1.82, 2.24) is 4.31 Å². The number of nitrogen functional groups attached to an aromatic ring is 1. The molecule has 2 N–H and O–H groups in total.